The zero-order valence-electron chi connectivity index (χ0n) is 13.0. The Balaban J connectivity index is 1.69. The Bertz CT molecular complexity index is 439. The van der Waals surface area contributed by atoms with Gasteiger partial charge in [0.2, 0.25) is 5.91 Å². The molecule has 1 saturated heterocycles. The lowest BCUT2D eigenvalue weighted by atomic mass is 10.1. The fourth-order valence-electron chi connectivity index (χ4n) is 2.53. The summed E-state index contributed by atoms with van der Waals surface area (Å²) in [5, 5.41) is 2.68. The minimum atomic E-state index is 0.0988. The van der Waals surface area contributed by atoms with Crippen molar-refractivity contribution >= 4 is 5.91 Å². The molecular formula is C16H25N3O2. The zero-order chi connectivity index (χ0) is 15.1. The van der Waals surface area contributed by atoms with Crippen molar-refractivity contribution in [3.8, 4) is 5.75 Å². The Labute approximate surface area is 126 Å². The second-order valence-electron chi connectivity index (χ2n) is 5.39. The summed E-state index contributed by atoms with van der Waals surface area (Å²) in [7, 11) is 3.38. The summed E-state index contributed by atoms with van der Waals surface area (Å²) in [5.41, 5.74) is 1.34. The molecule has 116 valence electrons. The largest absolute Gasteiger partial charge is 0.497 e. The van der Waals surface area contributed by atoms with Gasteiger partial charge < -0.3 is 15.0 Å². The maximum Gasteiger partial charge on any atom is 0.233 e. The van der Waals surface area contributed by atoms with Crippen molar-refractivity contribution < 1.29 is 9.53 Å². The Morgan fingerprint density at radius 3 is 2.33 bits per heavy atom. The quantitative estimate of drug-likeness (QED) is 0.834. The number of carbonyl (C=O) groups excluding carboxylic acids is 1. The van der Waals surface area contributed by atoms with E-state index in [0.717, 1.165) is 44.9 Å². The molecule has 21 heavy (non-hydrogen) atoms. The first-order valence-electron chi connectivity index (χ1n) is 7.49. The molecule has 0 aliphatic carbocycles. The lowest BCUT2D eigenvalue weighted by Crippen LogP contribution is -2.49. The average molecular weight is 291 g/mol. The second-order valence-corrected chi connectivity index (χ2v) is 5.39. The van der Waals surface area contributed by atoms with Gasteiger partial charge in [-0.3, -0.25) is 9.69 Å². The van der Waals surface area contributed by atoms with E-state index < -0.39 is 0 Å². The highest BCUT2D eigenvalue weighted by molar-refractivity contribution is 5.77. The van der Waals surface area contributed by atoms with Crippen LogP contribution in [0.4, 0.5) is 0 Å². The Morgan fingerprint density at radius 1 is 1.14 bits per heavy atom. The summed E-state index contributed by atoms with van der Waals surface area (Å²) >= 11 is 0. The molecule has 0 aromatic heterocycles. The molecule has 2 rings (SSSR count). The molecule has 5 heteroatoms. The van der Waals surface area contributed by atoms with Gasteiger partial charge in [0.1, 0.15) is 5.75 Å². The normalized spacial score (nSPS) is 16.7. The summed E-state index contributed by atoms with van der Waals surface area (Å²) in [6.07, 6.45) is 1.06. The fourth-order valence-corrected chi connectivity index (χ4v) is 2.53. The lowest BCUT2D eigenvalue weighted by molar-refractivity contribution is -0.122. The molecular weight excluding hydrogens is 266 g/mol. The number of carbonyl (C=O) groups is 1. The fraction of sp³-hybridized carbons (Fsp3) is 0.562. The molecule has 0 spiro atoms. The van der Waals surface area contributed by atoms with Gasteiger partial charge in [-0.1, -0.05) is 12.1 Å². The van der Waals surface area contributed by atoms with E-state index in [2.05, 4.69) is 27.2 Å². The number of hydrogen-bond acceptors (Lipinski definition) is 4. The molecule has 1 N–H and O–H groups in total. The van der Waals surface area contributed by atoms with Crippen LogP contribution in [0.3, 0.4) is 0 Å². The summed E-state index contributed by atoms with van der Waals surface area (Å²) < 4.78 is 5.17. The molecule has 0 radical (unpaired) electrons. The van der Waals surface area contributed by atoms with Gasteiger partial charge in [-0.2, -0.15) is 0 Å². The molecule has 0 bridgehead atoms. The van der Waals surface area contributed by atoms with E-state index in [1.165, 1.54) is 5.56 Å². The first-order chi connectivity index (χ1) is 10.2. The van der Waals surface area contributed by atoms with Gasteiger partial charge in [-0.05, 0) is 24.1 Å². The molecule has 0 saturated carbocycles. The first-order valence-corrected chi connectivity index (χ1v) is 7.49. The molecule has 0 unspecified atom stereocenters. The number of piperazine rings is 1. The number of methoxy groups -OCH3 is 1. The number of hydrogen-bond donors (Lipinski definition) is 1. The number of nitrogens with one attached hydrogen (secondary N) is 1. The smallest absolute Gasteiger partial charge is 0.233 e. The number of rotatable bonds is 6. The predicted octanol–water partition coefficient (Wildman–Crippen LogP) is 0.601. The molecule has 1 aromatic carbocycles. The third kappa shape index (κ3) is 5.02. The van der Waals surface area contributed by atoms with Crippen LogP contribution < -0.4 is 10.1 Å². The Hall–Kier alpha value is -1.59. The van der Waals surface area contributed by atoms with Crippen molar-refractivity contribution in [1.82, 2.24) is 15.1 Å². The van der Waals surface area contributed by atoms with Gasteiger partial charge in [-0.15, -0.1) is 0 Å². The van der Waals surface area contributed by atoms with Gasteiger partial charge in [0.25, 0.3) is 0 Å². The van der Waals surface area contributed by atoms with E-state index in [0.29, 0.717) is 6.54 Å². The van der Waals surface area contributed by atoms with Crippen molar-refractivity contribution in [3.05, 3.63) is 29.8 Å². The van der Waals surface area contributed by atoms with Crippen LogP contribution in [-0.2, 0) is 11.2 Å². The number of amides is 1. The van der Waals surface area contributed by atoms with Gasteiger partial charge in [0.05, 0.1) is 13.7 Å². The molecule has 1 aliphatic heterocycles. The maximum absolute atomic E-state index is 11.3. The third-order valence-corrected chi connectivity index (χ3v) is 3.99. The summed E-state index contributed by atoms with van der Waals surface area (Å²) in [4.78, 5) is 16.0. The van der Waals surface area contributed by atoms with Crippen molar-refractivity contribution in [2.45, 2.75) is 6.42 Å². The number of nitrogens with zero attached hydrogens (tertiary/aromatic N) is 2. The molecule has 1 aliphatic rings. The molecule has 1 aromatic rings. The highest BCUT2D eigenvalue weighted by Gasteiger charge is 2.18. The Kier molecular flexibility index (Phi) is 6.02. The van der Waals surface area contributed by atoms with E-state index in [1.807, 2.05) is 12.1 Å². The third-order valence-electron chi connectivity index (χ3n) is 3.99. The highest BCUT2D eigenvalue weighted by Crippen LogP contribution is 2.12. The minimum Gasteiger partial charge on any atom is -0.497 e. The van der Waals surface area contributed by atoms with E-state index >= 15 is 0 Å². The number of likely N-dealkylation sites (N-methyl/N-ethyl adjacent to an activating group) is 1. The Morgan fingerprint density at radius 2 is 1.76 bits per heavy atom. The van der Waals surface area contributed by atoms with E-state index in [9.17, 15) is 4.79 Å². The standard InChI is InChI=1S/C16H25N3O2/c1-17-16(20)13-19-11-9-18(10-12-19)8-7-14-3-5-15(21-2)6-4-14/h3-6H,7-13H2,1-2H3,(H,17,20). The number of ether oxygens (including phenoxy) is 1. The summed E-state index contributed by atoms with van der Waals surface area (Å²) in [6.45, 7) is 5.59. The van der Waals surface area contributed by atoms with Gasteiger partial charge in [-0.25, -0.2) is 0 Å². The van der Waals surface area contributed by atoms with Crippen LogP contribution in [0.15, 0.2) is 24.3 Å². The zero-order valence-corrected chi connectivity index (χ0v) is 13.0. The highest BCUT2D eigenvalue weighted by atomic mass is 16.5. The van der Waals surface area contributed by atoms with Crippen molar-refractivity contribution in [1.29, 1.82) is 0 Å². The molecule has 5 nitrogen and oxygen atoms in total. The topological polar surface area (TPSA) is 44.8 Å². The van der Waals surface area contributed by atoms with Crippen LogP contribution in [0.5, 0.6) is 5.75 Å². The van der Waals surface area contributed by atoms with E-state index in [1.54, 1.807) is 14.2 Å². The monoisotopic (exact) mass is 291 g/mol. The van der Waals surface area contributed by atoms with Crippen molar-refractivity contribution in [2.24, 2.45) is 0 Å². The SMILES string of the molecule is CNC(=O)CN1CCN(CCc2ccc(OC)cc2)CC1. The average Bonchev–Trinajstić information content (AvgIpc) is 2.54. The summed E-state index contributed by atoms with van der Waals surface area (Å²) in [6, 6.07) is 8.27. The molecule has 1 amide bonds. The maximum atomic E-state index is 11.3. The molecule has 0 atom stereocenters. The van der Waals surface area contributed by atoms with Crippen LogP contribution in [-0.4, -0.2) is 69.1 Å². The lowest BCUT2D eigenvalue weighted by Gasteiger charge is -2.34. The van der Waals surface area contributed by atoms with Crippen LogP contribution in [0.25, 0.3) is 0 Å². The van der Waals surface area contributed by atoms with Crippen LogP contribution in [0, 0.1) is 0 Å². The van der Waals surface area contributed by atoms with Crippen LogP contribution in [0.2, 0.25) is 0 Å². The van der Waals surface area contributed by atoms with Gasteiger partial charge in [0.15, 0.2) is 0 Å². The second kappa shape index (κ2) is 8.00. The predicted molar refractivity (Wildman–Crippen MR) is 83.6 cm³/mol. The van der Waals surface area contributed by atoms with Gasteiger partial charge in [0, 0.05) is 39.8 Å². The van der Waals surface area contributed by atoms with Crippen molar-refractivity contribution in [3.63, 3.8) is 0 Å². The molecule has 1 fully saturated rings. The molecule has 1 heterocycles. The van der Waals surface area contributed by atoms with Crippen LogP contribution >= 0.6 is 0 Å². The van der Waals surface area contributed by atoms with E-state index in [4.69, 9.17) is 4.74 Å². The summed E-state index contributed by atoms with van der Waals surface area (Å²) in [5.74, 6) is 1.00. The first kappa shape index (κ1) is 15.8. The number of benzene rings is 1. The van der Waals surface area contributed by atoms with E-state index in [-0.39, 0.29) is 5.91 Å². The minimum absolute atomic E-state index is 0.0988. The van der Waals surface area contributed by atoms with Crippen molar-refractivity contribution in [2.75, 3.05) is 53.4 Å². The van der Waals surface area contributed by atoms with Gasteiger partial charge >= 0.3 is 0 Å². The van der Waals surface area contributed by atoms with Crippen LogP contribution in [0.1, 0.15) is 5.56 Å².